The fourth-order valence-corrected chi connectivity index (χ4v) is 2.39. The molecule has 0 saturated heterocycles. The van der Waals surface area contributed by atoms with Gasteiger partial charge in [0.1, 0.15) is 5.91 Å². The molecule has 0 saturated carbocycles. The maximum atomic E-state index is 12.0. The number of hydrogen-bond acceptors (Lipinski definition) is 4. The molecule has 0 fully saturated rings. The van der Waals surface area contributed by atoms with Crippen LogP contribution in [0.4, 0.5) is 0 Å². The predicted molar refractivity (Wildman–Crippen MR) is 100.0 cm³/mol. The van der Waals surface area contributed by atoms with Gasteiger partial charge >= 0.3 is 21.1 Å². The van der Waals surface area contributed by atoms with E-state index < -0.39 is 0 Å². The van der Waals surface area contributed by atoms with Crippen LogP contribution in [0.3, 0.4) is 0 Å². The molecule has 142 valence electrons. The molecule has 3 aromatic rings. The van der Waals surface area contributed by atoms with Gasteiger partial charge in [-0.2, -0.15) is 0 Å². The standard InChI is InChI=1S/C20H22N5O.Pt/c1-20(2,3)18-13-17(24-25-18)15-9-6-7-14(23-15)10-12-22-19(26)16-8-4-5-11-21-16;/h4-9,11,13H,10,12H2,1-3H3,(H-,22,23,24,25,26);/q-1;+2/p-1. The Bertz CT molecular complexity index is 887. The molecule has 7 heteroatoms. The summed E-state index contributed by atoms with van der Waals surface area (Å²) in [7, 11) is 0. The van der Waals surface area contributed by atoms with Crippen molar-refractivity contribution in [2.24, 2.45) is 0 Å². The average Bonchev–Trinajstić information content (AvgIpc) is 3.13. The van der Waals surface area contributed by atoms with Crippen LogP contribution < -0.4 is 5.10 Å². The number of hydrogen-bond donors (Lipinski definition) is 0. The summed E-state index contributed by atoms with van der Waals surface area (Å²) < 4.78 is 0. The van der Waals surface area contributed by atoms with Gasteiger partial charge in [0.15, 0.2) is 0 Å². The zero-order valence-electron chi connectivity index (χ0n) is 15.5. The molecule has 0 radical (unpaired) electrons. The van der Waals surface area contributed by atoms with Crippen molar-refractivity contribution in [2.75, 3.05) is 6.54 Å². The van der Waals surface area contributed by atoms with Gasteiger partial charge in [-0.1, -0.05) is 44.7 Å². The first-order valence-electron chi connectivity index (χ1n) is 8.53. The fourth-order valence-electron chi connectivity index (χ4n) is 2.39. The number of nitrogens with zero attached hydrogens (tertiary/aromatic N) is 5. The Labute approximate surface area is 173 Å². The maximum Gasteiger partial charge on any atom is 2.00 e. The Morgan fingerprint density at radius 2 is 1.96 bits per heavy atom. The van der Waals surface area contributed by atoms with Crippen molar-refractivity contribution >= 4 is 5.91 Å². The molecule has 3 rings (SSSR count). The van der Waals surface area contributed by atoms with Crippen molar-refractivity contribution < 1.29 is 25.9 Å². The molecule has 3 aromatic heterocycles. The van der Waals surface area contributed by atoms with Crippen LogP contribution >= 0.6 is 0 Å². The van der Waals surface area contributed by atoms with Crippen LogP contribution in [0.5, 0.6) is 0 Å². The van der Waals surface area contributed by atoms with Crippen LogP contribution in [0, 0.1) is 0 Å². The van der Waals surface area contributed by atoms with Crippen LogP contribution in [0.1, 0.15) is 42.6 Å². The molecule has 0 spiro atoms. The third-order valence-corrected chi connectivity index (χ3v) is 3.88. The summed E-state index contributed by atoms with van der Waals surface area (Å²) >= 11 is 0. The summed E-state index contributed by atoms with van der Waals surface area (Å²) in [5, 5.41) is 12.6. The molecule has 3 heterocycles. The van der Waals surface area contributed by atoms with Crippen molar-refractivity contribution in [3.63, 3.8) is 0 Å². The summed E-state index contributed by atoms with van der Waals surface area (Å²) in [6, 6.07) is 12.9. The second-order valence-corrected chi connectivity index (χ2v) is 7.03. The molecule has 0 aromatic carbocycles. The monoisotopic (exact) mass is 542 g/mol. The SMILES string of the molecule is CC(C)(C)c1cc(-c2cccc(CC[N-]C(=O)c3ccccn3)n2)[n-]n1.[Pt+2]. The van der Waals surface area contributed by atoms with Crippen molar-refractivity contribution in [3.8, 4) is 11.4 Å². The predicted octanol–water partition coefficient (Wildman–Crippen LogP) is 3.55. The van der Waals surface area contributed by atoms with E-state index in [9.17, 15) is 4.79 Å². The third kappa shape index (κ3) is 5.57. The average molecular weight is 542 g/mol. The molecule has 0 bridgehead atoms. The summed E-state index contributed by atoms with van der Waals surface area (Å²) in [5.74, 6) is -0.307. The van der Waals surface area contributed by atoms with Gasteiger partial charge in [-0.05, 0) is 30.7 Å². The second kappa shape index (κ2) is 9.05. The van der Waals surface area contributed by atoms with Gasteiger partial charge in [0.25, 0.3) is 0 Å². The van der Waals surface area contributed by atoms with E-state index in [1.807, 2.05) is 24.3 Å². The van der Waals surface area contributed by atoms with Crippen molar-refractivity contribution in [1.82, 2.24) is 20.2 Å². The second-order valence-electron chi connectivity index (χ2n) is 7.03. The first kappa shape index (κ1) is 21.0. The molecular formula is C20H21N5OPt. The molecule has 0 N–H and O–H groups in total. The Morgan fingerprint density at radius 1 is 1.15 bits per heavy atom. The molecule has 6 nitrogen and oxygen atoms in total. The zero-order chi connectivity index (χ0) is 18.6. The normalized spacial score (nSPS) is 10.9. The van der Waals surface area contributed by atoms with Gasteiger partial charge in [-0.3, -0.25) is 9.97 Å². The van der Waals surface area contributed by atoms with Gasteiger partial charge in [-0.25, -0.2) is 0 Å². The summed E-state index contributed by atoms with van der Waals surface area (Å²) in [5.41, 5.74) is 3.65. The van der Waals surface area contributed by atoms with Gasteiger partial charge < -0.3 is 20.3 Å². The topological polar surface area (TPSA) is 83.9 Å². The minimum Gasteiger partial charge on any atom is -0.647 e. The summed E-state index contributed by atoms with van der Waals surface area (Å²) in [6.07, 6.45) is 2.16. The molecule has 0 aliphatic heterocycles. The van der Waals surface area contributed by atoms with E-state index >= 15 is 0 Å². The Hall–Kier alpha value is -2.33. The van der Waals surface area contributed by atoms with Crippen molar-refractivity contribution in [2.45, 2.75) is 32.6 Å². The van der Waals surface area contributed by atoms with Gasteiger partial charge in [-0.15, -0.1) is 6.54 Å². The Kier molecular flexibility index (Phi) is 7.03. The van der Waals surface area contributed by atoms with Gasteiger partial charge in [0, 0.05) is 28.7 Å². The first-order chi connectivity index (χ1) is 12.4. The number of rotatable bonds is 5. The van der Waals surface area contributed by atoms with Crippen molar-refractivity contribution in [3.05, 3.63) is 71.1 Å². The summed E-state index contributed by atoms with van der Waals surface area (Å²) in [4.78, 5) is 20.6. The molecule has 0 aliphatic carbocycles. The fraction of sp³-hybridized carbons (Fsp3) is 0.300. The molecule has 0 aliphatic rings. The molecule has 27 heavy (non-hydrogen) atoms. The van der Waals surface area contributed by atoms with Gasteiger partial charge in [0.2, 0.25) is 0 Å². The largest absolute Gasteiger partial charge is 2.00 e. The van der Waals surface area contributed by atoms with E-state index in [0.29, 0.717) is 18.7 Å². The maximum absolute atomic E-state index is 12.0. The smallest absolute Gasteiger partial charge is 0.647 e. The van der Waals surface area contributed by atoms with E-state index in [1.54, 1.807) is 24.4 Å². The van der Waals surface area contributed by atoms with Crippen LogP contribution in [-0.2, 0) is 32.9 Å². The molecule has 1 amide bonds. The van der Waals surface area contributed by atoms with Gasteiger partial charge in [0.05, 0.1) is 5.69 Å². The van der Waals surface area contributed by atoms with Crippen molar-refractivity contribution in [1.29, 1.82) is 0 Å². The van der Waals surface area contributed by atoms with Crippen LogP contribution in [0.15, 0.2) is 48.7 Å². The quantitative estimate of drug-likeness (QED) is 0.493. The van der Waals surface area contributed by atoms with Crippen LogP contribution in [0.2, 0.25) is 0 Å². The minimum atomic E-state index is -0.307. The van der Waals surface area contributed by atoms with E-state index in [4.69, 9.17) is 0 Å². The minimum absolute atomic E-state index is 0. The van der Waals surface area contributed by atoms with E-state index in [2.05, 4.69) is 46.3 Å². The Balaban J connectivity index is 0.00000261. The number of carbonyl (C=O) groups is 1. The van der Waals surface area contributed by atoms with E-state index in [0.717, 1.165) is 22.8 Å². The Morgan fingerprint density at radius 3 is 2.63 bits per heavy atom. The van der Waals surface area contributed by atoms with E-state index in [-0.39, 0.29) is 32.4 Å². The number of pyridine rings is 2. The summed E-state index contributed by atoms with van der Waals surface area (Å²) in [6.45, 7) is 6.67. The molecular weight excluding hydrogens is 521 g/mol. The van der Waals surface area contributed by atoms with Crippen LogP contribution in [0.25, 0.3) is 16.7 Å². The third-order valence-electron chi connectivity index (χ3n) is 3.88. The van der Waals surface area contributed by atoms with Crippen LogP contribution in [-0.4, -0.2) is 27.5 Å². The first-order valence-corrected chi connectivity index (χ1v) is 8.53. The molecule has 0 atom stereocenters. The van der Waals surface area contributed by atoms with E-state index in [1.165, 1.54) is 0 Å². The number of amides is 1. The number of aromatic nitrogens is 4. The number of carbonyl (C=O) groups excluding carboxylic acids is 1. The zero-order valence-corrected chi connectivity index (χ0v) is 17.8. The molecule has 0 unspecified atom stereocenters.